The minimum atomic E-state index is -0.683. The molecule has 0 aromatic heterocycles. The van der Waals surface area contributed by atoms with Crippen molar-refractivity contribution >= 4 is 29.6 Å². The molecule has 0 bridgehead atoms. The number of benzene rings is 3. The average Bonchev–Trinajstić information content (AvgIpc) is 3.15. The molecule has 1 aliphatic heterocycles. The highest BCUT2D eigenvalue weighted by atomic mass is 16.5. The molecule has 180 valence electrons. The van der Waals surface area contributed by atoms with Gasteiger partial charge in [0.1, 0.15) is 30.3 Å². The lowest BCUT2D eigenvalue weighted by Crippen LogP contribution is -2.38. The van der Waals surface area contributed by atoms with Gasteiger partial charge in [-0.05, 0) is 42.0 Å². The lowest BCUT2D eigenvalue weighted by atomic mass is 10.1. The Morgan fingerprint density at radius 1 is 1.06 bits per heavy atom. The second kappa shape index (κ2) is 10.9. The summed E-state index contributed by atoms with van der Waals surface area (Å²) in [6.07, 6.45) is 1.52. The van der Waals surface area contributed by atoms with Crippen LogP contribution in [-0.2, 0) is 16.2 Å². The molecule has 3 aromatic rings. The summed E-state index contributed by atoms with van der Waals surface area (Å²) in [4.78, 5) is 38.3. The molecule has 1 heterocycles. The van der Waals surface area contributed by atoms with E-state index in [1.165, 1.54) is 13.2 Å². The molecule has 1 aliphatic rings. The van der Waals surface area contributed by atoms with Crippen molar-refractivity contribution in [2.24, 2.45) is 0 Å². The number of hydrogen-bond donors (Lipinski definition) is 2. The van der Waals surface area contributed by atoms with E-state index >= 15 is 0 Å². The van der Waals surface area contributed by atoms with E-state index in [0.29, 0.717) is 28.3 Å². The Morgan fingerprint density at radius 3 is 2.53 bits per heavy atom. The Labute approximate surface area is 207 Å². The number of carbonyl (C=O) groups excluding carboxylic acids is 3. The highest BCUT2D eigenvalue weighted by Gasteiger charge is 2.35. The first kappa shape index (κ1) is 24.0. The Balaban J connectivity index is 1.37. The normalized spacial score (nSPS) is 13.8. The van der Waals surface area contributed by atoms with E-state index in [1.54, 1.807) is 60.7 Å². The van der Waals surface area contributed by atoms with Crippen LogP contribution in [0, 0.1) is 11.3 Å². The molecular weight excluding hydrogens is 460 g/mol. The van der Waals surface area contributed by atoms with Crippen molar-refractivity contribution in [1.82, 2.24) is 10.2 Å². The first-order valence-corrected chi connectivity index (χ1v) is 11.0. The number of ether oxygens (including phenoxy) is 2. The summed E-state index contributed by atoms with van der Waals surface area (Å²) >= 11 is 0. The molecule has 2 N–H and O–H groups in total. The van der Waals surface area contributed by atoms with Gasteiger partial charge in [0.2, 0.25) is 5.91 Å². The molecule has 9 heteroatoms. The number of hydrogen-bond acceptors (Lipinski definition) is 6. The van der Waals surface area contributed by atoms with Crippen molar-refractivity contribution in [1.29, 1.82) is 5.26 Å². The first-order chi connectivity index (χ1) is 17.5. The van der Waals surface area contributed by atoms with Crippen molar-refractivity contribution in [3.8, 4) is 17.6 Å². The third-order valence-corrected chi connectivity index (χ3v) is 5.37. The number of imide groups is 1. The number of methoxy groups -OCH3 is 1. The maximum atomic E-state index is 12.7. The van der Waals surface area contributed by atoms with Gasteiger partial charge >= 0.3 is 6.03 Å². The van der Waals surface area contributed by atoms with Crippen LogP contribution >= 0.6 is 0 Å². The number of nitriles is 1. The molecule has 0 saturated carbocycles. The molecule has 0 spiro atoms. The maximum Gasteiger partial charge on any atom is 0.329 e. The van der Waals surface area contributed by atoms with E-state index in [1.807, 2.05) is 12.1 Å². The second-order valence-electron chi connectivity index (χ2n) is 7.75. The van der Waals surface area contributed by atoms with Crippen LogP contribution in [0.5, 0.6) is 11.5 Å². The van der Waals surface area contributed by atoms with Gasteiger partial charge in [-0.2, -0.15) is 5.26 Å². The summed E-state index contributed by atoms with van der Waals surface area (Å²) in [7, 11) is 1.48. The molecule has 0 radical (unpaired) electrons. The van der Waals surface area contributed by atoms with Crippen molar-refractivity contribution < 1.29 is 23.9 Å². The topological polar surface area (TPSA) is 121 Å². The fourth-order valence-electron chi connectivity index (χ4n) is 3.54. The Kier molecular flexibility index (Phi) is 7.27. The van der Waals surface area contributed by atoms with Crippen LogP contribution in [0.25, 0.3) is 6.08 Å². The van der Waals surface area contributed by atoms with Crippen LogP contribution < -0.4 is 20.1 Å². The second-order valence-corrected chi connectivity index (χ2v) is 7.75. The molecule has 3 aromatic carbocycles. The molecule has 9 nitrogen and oxygen atoms in total. The van der Waals surface area contributed by atoms with Crippen LogP contribution in [0.3, 0.4) is 0 Å². The molecule has 0 aliphatic carbocycles. The van der Waals surface area contributed by atoms with Gasteiger partial charge in [0.15, 0.2) is 0 Å². The van der Waals surface area contributed by atoms with Gasteiger partial charge in [-0.15, -0.1) is 0 Å². The minimum absolute atomic E-state index is 0.0571. The summed E-state index contributed by atoms with van der Waals surface area (Å²) in [5, 5.41) is 14.3. The Hall–Kier alpha value is -5.10. The summed E-state index contributed by atoms with van der Waals surface area (Å²) in [6.45, 7) is -0.207. The van der Waals surface area contributed by atoms with Crippen LogP contribution in [0.2, 0.25) is 0 Å². The molecular formula is C27H22N4O5. The standard InChI is InChI=1S/C27H22N4O5/c1-35-24-9-5-4-8-22(24)29-25(32)16-31-26(33)23(30-27(31)34)14-18-10-12-21(13-11-18)36-17-20-7-3-2-6-19(20)15-28/h2-14H,16-17H2,1H3,(H,29,32)(H,30,34)/b23-14+. The number of nitrogens with zero attached hydrogens (tertiary/aromatic N) is 2. The van der Waals surface area contributed by atoms with Crippen molar-refractivity contribution in [3.63, 3.8) is 0 Å². The van der Waals surface area contributed by atoms with E-state index in [0.717, 1.165) is 10.5 Å². The third kappa shape index (κ3) is 5.51. The molecule has 0 atom stereocenters. The molecule has 1 saturated heterocycles. The fourth-order valence-corrected chi connectivity index (χ4v) is 3.54. The van der Waals surface area contributed by atoms with Crippen LogP contribution in [0.4, 0.5) is 10.5 Å². The van der Waals surface area contributed by atoms with E-state index in [4.69, 9.17) is 9.47 Å². The van der Waals surface area contributed by atoms with Gasteiger partial charge in [0, 0.05) is 5.56 Å². The van der Waals surface area contributed by atoms with Gasteiger partial charge in [0.05, 0.1) is 24.4 Å². The van der Waals surface area contributed by atoms with Gasteiger partial charge in [-0.1, -0.05) is 42.5 Å². The Morgan fingerprint density at radius 2 is 1.78 bits per heavy atom. The van der Waals surface area contributed by atoms with Crippen molar-refractivity contribution in [3.05, 3.63) is 95.2 Å². The van der Waals surface area contributed by atoms with Gasteiger partial charge in [-0.25, -0.2) is 9.69 Å². The molecule has 4 amide bonds. The summed E-state index contributed by atoms with van der Waals surface area (Å²) in [6, 6.07) is 22.4. The smallest absolute Gasteiger partial charge is 0.329 e. The average molecular weight is 482 g/mol. The quantitative estimate of drug-likeness (QED) is 0.373. The summed E-state index contributed by atoms with van der Waals surface area (Å²) in [5.41, 5.74) is 2.48. The highest BCUT2D eigenvalue weighted by molar-refractivity contribution is 6.16. The fraction of sp³-hybridized carbons (Fsp3) is 0.111. The number of amides is 4. The minimum Gasteiger partial charge on any atom is -0.495 e. The lowest BCUT2D eigenvalue weighted by molar-refractivity contribution is -0.127. The highest BCUT2D eigenvalue weighted by Crippen LogP contribution is 2.23. The van der Waals surface area contributed by atoms with Crippen LogP contribution in [0.15, 0.2) is 78.5 Å². The number of rotatable bonds is 8. The SMILES string of the molecule is COc1ccccc1NC(=O)CN1C(=O)N/C(=C/c2ccc(OCc3ccccc3C#N)cc2)C1=O. The zero-order valence-corrected chi connectivity index (χ0v) is 19.4. The third-order valence-electron chi connectivity index (χ3n) is 5.37. The van der Waals surface area contributed by atoms with Gasteiger partial charge in [0.25, 0.3) is 5.91 Å². The molecule has 4 rings (SSSR count). The molecule has 0 unspecified atom stereocenters. The van der Waals surface area contributed by atoms with Gasteiger partial charge in [-0.3, -0.25) is 9.59 Å². The lowest BCUT2D eigenvalue weighted by Gasteiger charge is -2.13. The van der Waals surface area contributed by atoms with Crippen LogP contribution in [0.1, 0.15) is 16.7 Å². The number of carbonyl (C=O) groups is 3. The Bertz CT molecular complexity index is 1380. The van der Waals surface area contributed by atoms with Crippen molar-refractivity contribution in [2.45, 2.75) is 6.61 Å². The van der Waals surface area contributed by atoms with E-state index in [9.17, 15) is 19.6 Å². The van der Waals surface area contributed by atoms with Crippen LogP contribution in [-0.4, -0.2) is 36.4 Å². The first-order valence-electron chi connectivity index (χ1n) is 11.0. The predicted octanol–water partition coefficient (Wildman–Crippen LogP) is 3.68. The van der Waals surface area contributed by atoms with Gasteiger partial charge < -0.3 is 20.1 Å². The van der Waals surface area contributed by atoms with E-state index in [-0.39, 0.29) is 12.3 Å². The number of urea groups is 1. The van der Waals surface area contributed by atoms with E-state index in [2.05, 4.69) is 16.7 Å². The monoisotopic (exact) mass is 482 g/mol. The molecule has 36 heavy (non-hydrogen) atoms. The summed E-state index contributed by atoms with van der Waals surface area (Å²) in [5.74, 6) is -0.0982. The summed E-state index contributed by atoms with van der Waals surface area (Å²) < 4.78 is 10.9. The molecule has 1 fully saturated rings. The van der Waals surface area contributed by atoms with Crippen molar-refractivity contribution in [2.75, 3.05) is 19.0 Å². The zero-order valence-electron chi connectivity index (χ0n) is 19.4. The zero-order chi connectivity index (χ0) is 25.5. The van der Waals surface area contributed by atoms with E-state index < -0.39 is 24.4 Å². The predicted molar refractivity (Wildman–Crippen MR) is 132 cm³/mol. The largest absolute Gasteiger partial charge is 0.495 e. The number of para-hydroxylation sites is 2. The number of nitrogens with one attached hydrogen (secondary N) is 2. The maximum absolute atomic E-state index is 12.7. The number of anilines is 1.